The van der Waals surface area contributed by atoms with Gasteiger partial charge in [-0.2, -0.15) is 15.3 Å². The summed E-state index contributed by atoms with van der Waals surface area (Å²) in [5, 5.41) is 22.8. The Morgan fingerprint density at radius 3 is 0.893 bits per heavy atom. The van der Waals surface area contributed by atoms with Crippen molar-refractivity contribution in [3.63, 3.8) is 0 Å². The maximum atomic E-state index is 13.5. The van der Waals surface area contributed by atoms with E-state index >= 15 is 0 Å². The second-order valence-corrected chi connectivity index (χ2v) is 45.4. The molecule has 11 heterocycles. The summed E-state index contributed by atoms with van der Waals surface area (Å²) in [6.07, 6.45) is 21.7. The Morgan fingerprint density at radius 1 is 0.371 bits per heavy atom. The molecule has 29 heteroatoms. The molecule has 0 N–H and O–H groups in total. The van der Waals surface area contributed by atoms with Crippen molar-refractivity contribution >= 4 is 150 Å². The van der Waals surface area contributed by atoms with Crippen LogP contribution in [0.2, 0.25) is 15.1 Å². The molecule has 140 heavy (non-hydrogen) atoms. The monoisotopic (exact) mass is 2000 g/mol. The van der Waals surface area contributed by atoms with Crippen LogP contribution >= 0.6 is 68.8 Å². The van der Waals surface area contributed by atoms with E-state index < -0.39 is 53.0 Å². The highest BCUT2D eigenvalue weighted by atomic mass is 35.5. The van der Waals surface area contributed by atoms with Crippen LogP contribution in [0, 0.1) is 20.8 Å². The van der Waals surface area contributed by atoms with Crippen molar-refractivity contribution in [2.75, 3.05) is 46.0 Å². The van der Waals surface area contributed by atoms with Gasteiger partial charge in [-0.3, -0.25) is 14.0 Å². The summed E-state index contributed by atoms with van der Waals surface area (Å²) in [5.41, 5.74) is 20.4. The Hall–Kier alpha value is -10.1. The Labute approximate surface area is 846 Å². The number of likely N-dealkylation sites (tertiary alicyclic amines) is 2. The normalized spacial score (nSPS) is 16.6. The summed E-state index contributed by atoms with van der Waals surface area (Å²) in [5.74, 6) is 0.0679. The molecular weight excluding hydrogens is 1880 g/mol. The van der Waals surface area contributed by atoms with Crippen molar-refractivity contribution in [3.05, 3.63) is 193 Å². The molecule has 20 rings (SSSR count). The number of ether oxygens (including phenoxy) is 6. The maximum absolute atomic E-state index is 13.5. The molecule has 0 bridgehead atoms. The second kappa shape index (κ2) is 41.7. The molecule has 5 aliphatic rings. The van der Waals surface area contributed by atoms with Gasteiger partial charge in [0.1, 0.15) is 15.0 Å². The van der Waals surface area contributed by atoms with Crippen molar-refractivity contribution in [2.24, 2.45) is 21.1 Å². The highest BCUT2D eigenvalue weighted by Gasteiger charge is 2.41. The summed E-state index contributed by atoms with van der Waals surface area (Å²) in [6, 6.07) is 37.5. The number of esters is 3. The van der Waals surface area contributed by atoms with E-state index in [-0.39, 0.29) is 19.8 Å². The zero-order valence-corrected chi connectivity index (χ0v) is 88.3. The number of fused-ring (bicyclic) bond motifs is 6. The van der Waals surface area contributed by atoms with Crippen LogP contribution < -0.4 is 0 Å². The Morgan fingerprint density at radius 2 is 0.643 bits per heavy atom. The van der Waals surface area contributed by atoms with Crippen LogP contribution in [-0.4, -0.2) is 162 Å². The number of hydrogen-bond donors (Lipinski definition) is 0. The van der Waals surface area contributed by atoms with E-state index in [1.807, 2.05) is 236 Å². The van der Waals surface area contributed by atoms with Gasteiger partial charge in [0.05, 0.1) is 84.4 Å². The summed E-state index contributed by atoms with van der Waals surface area (Å²) in [7, 11) is 5.95. The van der Waals surface area contributed by atoms with Crippen molar-refractivity contribution in [1.82, 2.24) is 69.0 Å². The van der Waals surface area contributed by atoms with Gasteiger partial charge < -0.3 is 38.2 Å². The molecule has 0 amide bonds. The van der Waals surface area contributed by atoms with E-state index in [1.54, 1.807) is 34.0 Å². The molecule has 3 aliphatic carbocycles. The average Bonchev–Trinajstić information content (AvgIpc) is 1.56. The van der Waals surface area contributed by atoms with Gasteiger partial charge in [0, 0.05) is 151 Å². The lowest BCUT2D eigenvalue weighted by Gasteiger charge is -2.41. The van der Waals surface area contributed by atoms with Crippen molar-refractivity contribution < 1.29 is 42.8 Å². The summed E-state index contributed by atoms with van der Waals surface area (Å²) < 4.78 is 44.7. The van der Waals surface area contributed by atoms with E-state index in [1.165, 1.54) is 70.6 Å². The first kappa shape index (κ1) is 100. The summed E-state index contributed by atoms with van der Waals surface area (Å²) >= 11 is 23.8. The van der Waals surface area contributed by atoms with Gasteiger partial charge in [-0.05, 0) is 300 Å². The number of benzene rings is 6. The van der Waals surface area contributed by atoms with E-state index in [2.05, 4.69) is 40.1 Å². The first-order valence-electron chi connectivity index (χ1n) is 49.6. The maximum Gasteiger partial charge on any atom is 0.339 e. The quantitative estimate of drug-likeness (QED) is 0.0427. The van der Waals surface area contributed by atoms with Crippen LogP contribution in [0.3, 0.4) is 0 Å². The minimum absolute atomic E-state index is 0.260. The van der Waals surface area contributed by atoms with Gasteiger partial charge >= 0.3 is 17.9 Å². The first-order chi connectivity index (χ1) is 67.0. The van der Waals surface area contributed by atoms with Crippen LogP contribution in [0.15, 0.2) is 128 Å². The Balaban J connectivity index is 0.000000139. The Kier molecular flexibility index (Phi) is 29.8. The molecule has 2 aliphatic heterocycles. The van der Waals surface area contributed by atoms with E-state index in [9.17, 15) is 14.4 Å². The van der Waals surface area contributed by atoms with Crippen molar-refractivity contribution in [1.29, 1.82) is 0 Å². The first-order valence-corrected chi connectivity index (χ1v) is 53.2. The number of halogens is 3. The lowest BCUT2D eigenvalue weighted by atomic mass is 9.86. The number of nitrogens with zero attached hydrogens (tertiary/aromatic N) is 14. The van der Waals surface area contributed by atoms with E-state index in [0.29, 0.717) is 32.8 Å². The van der Waals surface area contributed by atoms with Gasteiger partial charge in [-0.25, -0.2) is 44.3 Å². The number of aryl methyl sites for hydroxylation is 6. The van der Waals surface area contributed by atoms with Gasteiger partial charge in [0.2, 0.25) is 0 Å². The molecule has 9 aromatic heterocycles. The standard InChI is InChI=1S/2C38H44ClN5O3S.C35H39ClN4O3S/c2*1-7-46-37(45)33(47-38(3,4)5)30-22(2)19-29-34(31(30)23-11-13-26(39)14-12-23)48-36(41-29)25-20-28-32(42-43(6)35(28)40-21-25)24-15-17-44(18-16-24)27-9-8-10-27;1-7-42-34(41)30(43-35(3,4)5)27-20(2)17-26-31(28(27)21-13-15-24(36)16-14-21)44-33(38-26)23-18-25-29(22-11-9-8-10-12-22)39-40(6)32(25)37-19-23/h2*11-14,19-21,24,27,33H,7-10,15-18H2,1-6H3;13-19,22,30H,7-12H2,1-6H3/t2*33-;30-/m000/s1. The lowest BCUT2D eigenvalue weighted by Crippen LogP contribution is -2.44. The lowest BCUT2D eigenvalue weighted by molar-refractivity contribution is -0.167. The smallest absolute Gasteiger partial charge is 0.339 e. The number of piperidine rings is 2. The largest absolute Gasteiger partial charge is 0.464 e. The molecule has 3 atom stereocenters. The van der Waals surface area contributed by atoms with Crippen LogP contribution in [0.1, 0.15) is 266 Å². The molecule has 15 aromatic rings. The zero-order chi connectivity index (χ0) is 98.7. The highest BCUT2D eigenvalue weighted by molar-refractivity contribution is 7.23. The summed E-state index contributed by atoms with van der Waals surface area (Å²) in [4.78, 5) is 76.0. The third-order valence-corrected chi connectivity index (χ3v) is 31.9. The van der Waals surface area contributed by atoms with Crippen molar-refractivity contribution in [2.45, 2.75) is 265 Å². The second-order valence-electron chi connectivity index (χ2n) is 41.1. The van der Waals surface area contributed by atoms with Crippen LogP contribution in [0.5, 0.6) is 0 Å². The summed E-state index contributed by atoms with van der Waals surface area (Å²) in [6.45, 7) is 34.4. The minimum Gasteiger partial charge on any atom is -0.464 e. The van der Waals surface area contributed by atoms with E-state index in [4.69, 9.17) is 108 Å². The van der Waals surface area contributed by atoms with Gasteiger partial charge in [-0.15, -0.1) is 34.0 Å². The van der Waals surface area contributed by atoms with Crippen LogP contribution in [-0.2, 0) is 63.9 Å². The van der Waals surface area contributed by atoms with Gasteiger partial charge in [0.15, 0.2) is 35.3 Å². The van der Waals surface area contributed by atoms with Crippen LogP contribution in [0.4, 0.5) is 0 Å². The predicted molar refractivity (Wildman–Crippen MR) is 566 cm³/mol. The third-order valence-electron chi connectivity index (χ3n) is 27.8. The highest BCUT2D eigenvalue weighted by Crippen LogP contribution is 2.52. The molecule has 6 aromatic carbocycles. The molecule has 0 unspecified atom stereocenters. The number of hydrogen-bond acceptors (Lipinski definition) is 23. The molecular formula is C111H127Cl3N14O9S3. The Bertz CT molecular complexity index is 6810. The van der Waals surface area contributed by atoms with E-state index in [0.717, 1.165) is 243 Å². The van der Waals surface area contributed by atoms with Crippen molar-refractivity contribution in [3.8, 4) is 65.1 Å². The fraction of sp³-hybridized carbons (Fsp3) is 0.459. The zero-order valence-electron chi connectivity index (χ0n) is 83.6. The fourth-order valence-corrected chi connectivity index (χ4v) is 24.5. The van der Waals surface area contributed by atoms with Crippen LogP contribution in [0.25, 0.3) is 129 Å². The number of carbonyl (C=O) groups excluding carboxylic acids is 3. The average molecular weight is 2000 g/mol. The third kappa shape index (κ3) is 21.3. The molecule has 23 nitrogen and oxygen atoms in total. The van der Waals surface area contributed by atoms with Gasteiger partial charge in [-0.1, -0.05) is 103 Å². The molecule has 734 valence electrons. The number of thiazole rings is 3. The number of aromatic nitrogens is 12. The fourth-order valence-electron chi connectivity index (χ4n) is 20.8. The number of rotatable bonds is 23. The minimum atomic E-state index is -0.919. The van der Waals surface area contributed by atoms with Gasteiger partial charge in [0.25, 0.3) is 0 Å². The predicted octanol–water partition coefficient (Wildman–Crippen LogP) is 27.4. The molecule has 5 fully saturated rings. The molecule has 2 saturated heterocycles. The number of carbonyl (C=O) groups is 3. The number of pyridine rings is 3. The molecule has 0 radical (unpaired) electrons. The topological polar surface area (TPSA) is 244 Å². The molecule has 0 spiro atoms. The SMILES string of the molecule is CCOC(=O)[C@@H](OC(C)(C)C)c1c(C)cc2nc(-c3cnc4c(c3)c(C3CCCCC3)nn4C)sc2c1-c1ccc(Cl)cc1.CCOC(=O)[C@@H](OC(C)(C)C)c1c(C)cc2nc(-c3cnc4c(c3)c(C3CCN(C5CCC5)CC3)nn4C)sc2c1-c1ccc(Cl)cc1.CCOC(=O)[C@@H](OC(C)(C)C)c1c(C)cc2nc(-c3cnc4c(c3)c(C3CCN(C5CCC5)CC3)nn4C)sc2c1-c1ccc(Cl)cc1. The molecule has 3 saturated carbocycles.